The molecule has 0 saturated heterocycles. The lowest BCUT2D eigenvalue weighted by molar-refractivity contribution is 0.0968. The average Bonchev–Trinajstić information content (AvgIpc) is 2.44. The zero-order chi connectivity index (χ0) is 10.3. The Morgan fingerprint density at radius 2 is 2.07 bits per heavy atom. The van der Waals surface area contributed by atoms with Crippen LogP contribution in [0.15, 0.2) is 18.2 Å². The quantitative estimate of drug-likeness (QED) is 0.722. The summed E-state index contributed by atoms with van der Waals surface area (Å²) in [5, 5.41) is 10.1. The van der Waals surface area contributed by atoms with Crippen molar-refractivity contribution in [1.82, 2.24) is 0 Å². The SMILES string of the molecule is Cc1ccc2c(c1)C(O)C(C(C)C)C2. The van der Waals surface area contributed by atoms with E-state index in [2.05, 4.69) is 39.0 Å². The predicted octanol–water partition coefficient (Wildman–Crippen LogP) is 2.86. The van der Waals surface area contributed by atoms with E-state index in [1.54, 1.807) is 0 Å². The summed E-state index contributed by atoms with van der Waals surface area (Å²) in [4.78, 5) is 0. The molecule has 1 nitrogen and oxygen atoms in total. The number of aryl methyl sites for hydroxylation is 1. The maximum absolute atomic E-state index is 10.1. The van der Waals surface area contributed by atoms with Crippen molar-refractivity contribution in [3.8, 4) is 0 Å². The summed E-state index contributed by atoms with van der Waals surface area (Å²) >= 11 is 0. The lowest BCUT2D eigenvalue weighted by Gasteiger charge is -2.18. The molecule has 0 bridgehead atoms. The summed E-state index contributed by atoms with van der Waals surface area (Å²) in [5.41, 5.74) is 3.73. The second kappa shape index (κ2) is 3.39. The van der Waals surface area contributed by atoms with Crippen LogP contribution in [0.2, 0.25) is 0 Å². The Labute approximate surface area is 85.8 Å². The van der Waals surface area contributed by atoms with E-state index in [1.165, 1.54) is 11.1 Å². The van der Waals surface area contributed by atoms with Crippen LogP contribution in [-0.4, -0.2) is 5.11 Å². The van der Waals surface area contributed by atoms with Crippen molar-refractivity contribution < 1.29 is 5.11 Å². The lowest BCUT2D eigenvalue weighted by atomic mass is 9.91. The fraction of sp³-hybridized carbons (Fsp3) is 0.538. The minimum Gasteiger partial charge on any atom is -0.388 e. The first-order valence-corrected chi connectivity index (χ1v) is 5.37. The van der Waals surface area contributed by atoms with E-state index in [0.717, 1.165) is 12.0 Å². The number of hydrogen-bond donors (Lipinski definition) is 1. The molecule has 2 rings (SSSR count). The molecule has 1 aromatic rings. The molecule has 0 spiro atoms. The van der Waals surface area contributed by atoms with E-state index in [0.29, 0.717) is 11.8 Å². The van der Waals surface area contributed by atoms with Gasteiger partial charge in [0.1, 0.15) is 0 Å². The van der Waals surface area contributed by atoms with Gasteiger partial charge in [-0.05, 0) is 36.3 Å². The second-order valence-corrected chi connectivity index (χ2v) is 4.76. The van der Waals surface area contributed by atoms with Crippen LogP contribution < -0.4 is 0 Å². The highest BCUT2D eigenvalue weighted by Gasteiger charge is 2.32. The number of rotatable bonds is 1. The summed E-state index contributed by atoms with van der Waals surface area (Å²) in [5.74, 6) is 0.963. The first-order valence-electron chi connectivity index (χ1n) is 5.37. The molecule has 0 amide bonds. The molecule has 14 heavy (non-hydrogen) atoms. The summed E-state index contributed by atoms with van der Waals surface area (Å²) in [7, 11) is 0. The van der Waals surface area contributed by atoms with Crippen molar-refractivity contribution in [3.05, 3.63) is 34.9 Å². The molecule has 2 unspecified atom stereocenters. The van der Waals surface area contributed by atoms with Crippen molar-refractivity contribution in [2.75, 3.05) is 0 Å². The Bertz CT molecular complexity index is 341. The smallest absolute Gasteiger partial charge is 0.0826 e. The first-order chi connectivity index (χ1) is 6.59. The van der Waals surface area contributed by atoms with Gasteiger partial charge in [-0.3, -0.25) is 0 Å². The van der Waals surface area contributed by atoms with Crippen molar-refractivity contribution in [3.63, 3.8) is 0 Å². The Balaban J connectivity index is 2.36. The van der Waals surface area contributed by atoms with Crippen LogP contribution in [0.1, 0.15) is 36.6 Å². The van der Waals surface area contributed by atoms with Gasteiger partial charge in [0.2, 0.25) is 0 Å². The number of hydrogen-bond acceptors (Lipinski definition) is 1. The van der Waals surface area contributed by atoms with Crippen LogP contribution >= 0.6 is 0 Å². The molecule has 1 heteroatoms. The summed E-state index contributed by atoms with van der Waals surface area (Å²) in [6.45, 7) is 6.45. The van der Waals surface area contributed by atoms with Crippen LogP contribution in [0.4, 0.5) is 0 Å². The van der Waals surface area contributed by atoms with Crippen LogP contribution in [0.3, 0.4) is 0 Å². The Morgan fingerprint density at radius 1 is 1.36 bits per heavy atom. The average molecular weight is 190 g/mol. The summed E-state index contributed by atoms with van der Waals surface area (Å²) in [6, 6.07) is 6.42. The number of benzene rings is 1. The summed E-state index contributed by atoms with van der Waals surface area (Å²) < 4.78 is 0. The largest absolute Gasteiger partial charge is 0.388 e. The van der Waals surface area contributed by atoms with Crippen molar-refractivity contribution in [2.24, 2.45) is 11.8 Å². The molecule has 1 N–H and O–H groups in total. The number of aliphatic hydroxyl groups excluding tert-OH is 1. The third kappa shape index (κ3) is 1.46. The minimum absolute atomic E-state index is 0.245. The van der Waals surface area contributed by atoms with Crippen molar-refractivity contribution in [2.45, 2.75) is 33.3 Å². The number of fused-ring (bicyclic) bond motifs is 1. The van der Waals surface area contributed by atoms with Gasteiger partial charge < -0.3 is 5.11 Å². The van der Waals surface area contributed by atoms with Gasteiger partial charge >= 0.3 is 0 Å². The molecule has 0 heterocycles. The summed E-state index contributed by atoms with van der Waals surface area (Å²) in [6.07, 6.45) is 0.791. The lowest BCUT2D eigenvalue weighted by Crippen LogP contribution is -2.13. The van der Waals surface area contributed by atoms with Gasteiger partial charge in [0.25, 0.3) is 0 Å². The maximum atomic E-state index is 10.1. The van der Waals surface area contributed by atoms with Crippen molar-refractivity contribution >= 4 is 0 Å². The normalized spacial score (nSPS) is 25.5. The molecule has 0 aliphatic heterocycles. The van der Waals surface area contributed by atoms with E-state index in [9.17, 15) is 5.11 Å². The van der Waals surface area contributed by atoms with Crippen LogP contribution in [-0.2, 0) is 6.42 Å². The van der Waals surface area contributed by atoms with E-state index in [1.807, 2.05) is 0 Å². The van der Waals surface area contributed by atoms with Crippen molar-refractivity contribution in [1.29, 1.82) is 0 Å². The maximum Gasteiger partial charge on any atom is 0.0826 e. The molecular weight excluding hydrogens is 172 g/mol. The topological polar surface area (TPSA) is 20.2 Å². The Hall–Kier alpha value is -0.820. The molecular formula is C13H18O. The highest BCUT2D eigenvalue weighted by Crippen LogP contribution is 2.40. The molecule has 0 radical (unpaired) electrons. The van der Waals surface area contributed by atoms with Gasteiger partial charge in [-0.25, -0.2) is 0 Å². The molecule has 76 valence electrons. The van der Waals surface area contributed by atoms with Gasteiger partial charge in [-0.15, -0.1) is 0 Å². The molecule has 1 aliphatic carbocycles. The molecule has 0 saturated carbocycles. The van der Waals surface area contributed by atoms with Gasteiger partial charge in [-0.2, -0.15) is 0 Å². The zero-order valence-corrected chi connectivity index (χ0v) is 9.12. The monoisotopic (exact) mass is 190 g/mol. The van der Waals surface area contributed by atoms with Gasteiger partial charge in [0, 0.05) is 0 Å². The Morgan fingerprint density at radius 3 is 2.71 bits per heavy atom. The minimum atomic E-state index is -0.245. The van der Waals surface area contributed by atoms with E-state index in [4.69, 9.17) is 0 Å². The van der Waals surface area contributed by atoms with E-state index in [-0.39, 0.29) is 6.10 Å². The molecule has 1 aromatic carbocycles. The van der Waals surface area contributed by atoms with Gasteiger partial charge in [0.05, 0.1) is 6.10 Å². The van der Waals surface area contributed by atoms with E-state index >= 15 is 0 Å². The van der Waals surface area contributed by atoms with Gasteiger partial charge in [-0.1, -0.05) is 37.6 Å². The molecule has 0 aromatic heterocycles. The molecule has 2 atom stereocenters. The third-order valence-electron chi connectivity index (χ3n) is 3.34. The van der Waals surface area contributed by atoms with Crippen LogP contribution in [0.25, 0.3) is 0 Å². The van der Waals surface area contributed by atoms with Crippen LogP contribution in [0.5, 0.6) is 0 Å². The fourth-order valence-electron chi connectivity index (χ4n) is 2.37. The molecule has 0 fully saturated rings. The molecule has 1 aliphatic rings. The van der Waals surface area contributed by atoms with E-state index < -0.39 is 0 Å². The third-order valence-corrected chi connectivity index (χ3v) is 3.34. The number of aliphatic hydroxyl groups is 1. The van der Waals surface area contributed by atoms with Crippen LogP contribution in [0, 0.1) is 18.8 Å². The first kappa shape index (κ1) is 9.72. The van der Waals surface area contributed by atoms with Gasteiger partial charge in [0.15, 0.2) is 0 Å². The highest BCUT2D eigenvalue weighted by molar-refractivity contribution is 5.37. The standard InChI is InChI=1S/C13H18O/c1-8(2)11-7-10-5-4-9(3)6-12(10)13(11)14/h4-6,8,11,13-14H,7H2,1-3H3. The predicted molar refractivity (Wildman–Crippen MR) is 58.2 cm³/mol. The fourth-order valence-corrected chi connectivity index (χ4v) is 2.37. The zero-order valence-electron chi connectivity index (χ0n) is 9.12. The Kier molecular flexibility index (Phi) is 2.36. The second-order valence-electron chi connectivity index (χ2n) is 4.76. The highest BCUT2D eigenvalue weighted by atomic mass is 16.3.